The van der Waals surface area contributed by atoms with E-state index in [2.05, 4.69) is 25.8 Å². The van der Waals surface area contributed by atoms with Gasteiger partial charge in [-0.3, -0.25) is 4.57 Å². The largest absolute Gasteiger partial charge is 0.443 e. The molecule has 2 aromatic heterocycles. The highest BCUT2D eigenvalue weighted by molar-refractivity contribution is 5.72. The topological polar surface area (TPSA) is 48.0 Å². The maximum absolute atomic E-state index is 12.0. The lowest BCUT2D eigenvalue weighted by atomic mass is 10.1. The SMILES string of the molecule is CCCCc1cc2cn(C(CC)CC)c(=O)nc2o1. The molecule has 0 saturated carbocycles. The van der Waals surface area contributed by atoms with E-state index in [0.717, 1.165) is 43.3 Å². The lowest BCUT2D eigenvalue weighted by Gasteiger charge is -2.14. The van der Waals surface area contributed by atoms with Gasteiger partial charge >= 0.3 is 5.69 Å². The number of rotatable bonds is 6. The molecular weight excluding hydrogens is 240 g/mol. The zero-order chi connectivity index (χ0) is 13.8. The lowest BCUT2D eigenvalue weighted by Crippen LogP contribution is -2.25. The second-order valence-electron chi connectivity index (χ2n) is 4.98. The molecule has 4 nitrogen and oxygen atoms in total. The fraction of sp³-hybridized carbons (Fsp3) is 0.600. The maximum atomic E-state index is 12.0. The van der Waals surface area contributed by atoms with E-state index in [0.29, 0.717) is 5.71 Å². The predicted octanol–water partition coefficient (Wildman–Crippen LogP) is 3.69. The Labute approximate surface area is 113 Å². The van der Waals surface area contributed by atoms with Gasteiger partial charge in [0.05, 0.1) is 5.39 Å². The predicted molar refractivity (Wildman–Crippen MR) is 76.5 cm³/mol. The molecule has 0 unspecified atom stereocenters. The number of nitrogens with zero attached hydrogens (tertiary/aromatic N) is 2. The second kappa shape index (κ2) is 6.04. The van der Waals surface area contributed by atoms with Crippen LogP contribution in [-0.2, 0) is 6.42 Å². The molecular formula is C15H22N2O2. The number of unbranched alkanes of at least 4 members (excludes halogenated alkanes) is 1. The highest BCUT2D eigenvalue weighted by Gasteiger charge is 2.12. The molecule has 0 fully saturated rings. The molecule has 0 atom stereocenters. The van der Waals surface area contributed by atoms with Crippen LogP contribution in [0.5, 0.6) is 0 Å². The molecule has 2 heterocycles. The smallest absolute Gasteiger partial charge is 0.351 e. The Kier molecular flexibility index (Phi) is 4.40. The summed E-state index contributed by atoms with van der Waals surface area (Å²) in [6.45, 7) is 6.33. The molecule has 0 bridgehead atoms. The first-order valence-corrected chi connectivity index (χ1v) is 7.21. The Hall–Kier alpha value is -1.58. The molecule has 0 aliphatic carbocycles. The molecule has 2 rings (SSSR count). The first kappa shape index (κ1) is 13.8. The molecule has 0 saturated heterocycles. The zero-order valence-corrected chi connectivity index (χ0v) is 12.0. The maximum Gasteiger partial charge on any atom is 0.351 e. The van der Waals surface area contributed by atoms with E-state index in [1.54, 1.807) is 4.57 Å². The van der Waals surface area contributed by atoms with Crippen molar-refractivity contribution in [3.8, 4) is 0 Å². The van der Waals surface area contributed by atoms with Gasteiger partial charge in [-0.15, -0.1) is 0 Å². The van der Waals surface area contributed by atoms with Gasteiger partial charge in [-0.25, -0.2) is 4.79 Å². The van der Waals surface area contributed by atoms with Gasteiger partial charge in [-0.2, -0.15) is 4.98 Å². The van der Waals surface area contributed by atoms with Gasteiger partial charge in [0.25, 0.3) is 0 Å². The van der Waals surface area contributed by atoms with E-state index in [9.17, 15) is 4.79 Å². The molecule has 4 heteroatoms. The Bertz CT molecular complexity index is 594. The van der Waals surface area contributed by atoms with Crippen molar-refractivity contribution < 1.29 is 4.42 Å². The van der Waals surface area contributed by atoms with Crippen molar-refractivity contribution >= 4 is 11.1 Å². The van der Waals surface area contributed by atoms with E-state index in [-0.39, 0.29) is 11.7 Å². The number of furan rings is 1. The van der Waals surface area contributed by atoms with Crippen molar-refractivity contribution in [3.05, 3.63) is 28.5 Å². The summed E-state index contributed by atoms with van der Waals surface area (Å²) < 4.78 is 7.37. The minimum absolute atomic E-state index is 0.211. The zero-order valence-electron chi connectivity index (χ0n) is 12.0. The van der Waals surface area contributed by atoms with Gasteiger partial charge in [-0.1, -0.05) is 27.2 Å². The minimum atomic E-state index is -0.211. The van der Waals surface area contributed by atoms with Crippen LogP contribution >= 0.6 is 0 Å². The van der Waals surface area contributed by atoms with Crippen LogP contribution in [0.25, 0.3) is 11.1 Å². The third-order valence-corrected chi connectivity index (χ3v) is 3.60. The van der Waals surface area contributed by atoms with Crippen LogP contribution in [0, 0.1) is 0 Å². The van der Waals surface area contributed by atoms with Gasteiger partial charge in [0.15, 0.2) is 0 Å². The monoisotopic (exact) mass is 262 g/mol. The number of aromatic nitrogens is 2. The molecule has 0 radical (unpaired) electrons. The number of fused-ring (bicyclic) bond motifs is 1. The molecule has 2 aromatic rings. The summed E-state index contributed by atoms with van der Waals surface area (Å²) in [4.78, 5) is 16.1. The first-order chi connectivity index (χ1) is 9.19. The van der Waals surface area contributed by atoms with Crippen LogP contribution in [0.15, 0.2) is 21.5 Å². The van der Waals surface area contributed by atoms with E-state index in [4.69, 9.17) is 4.42 Å². The Balaban J connectivity index is 2.41. The Morgan fingerprint density at radius 2 is 2.05 bits per heavy atom. The minimum Gasteiger partial charge on any atom is -0.443 e. The van der Waals surface area contributed by atoms with Crippen LogP contribution in [0.3, 0.4) is 0 Å². The summed E-state index contributed by atoms with van der Waals surface area (Å²) in [5.74, 6) is 0.922. The molecule has 19 heavy (non-hydrogen) atoms. The molecule has 0 aromatic carbocycles. The summed E-state index contributed by atoms with van der Waals surface area (Å²) >= 11 is 0. The Morgan fingerprint density at radius 3 is 2.68 bits per heavy atom. The summed E-state index contributed by atoms with van der Waals surface area (Å²) in [6, 6.07) is 2.23. The molecule has 0 spiro atoms. The van der Waals surface area contributed by atoms with Crippen LogP contribution < -0.4 is 5.69 Å². The van der Waals surface area contributed by atoms with E-state index >= 15 is 0 Å². The standard InChI is InChI=1S/C15H22N2O2/c1-4-7-8-13-9-11-10-17(12(5-2)6-3)15(18)16-14(11)19-13/h9-10,12H,4-8H2,1-3H3. The van der Waals surface area contributed by atoms with Crippen LogP contribution in [0.1, 0.15) is 58.3 Å². The number of aryl methyl sites for hydroxylation is 1. The van der Waals surface area contributed by atoms with Gasteiger partial charge in [-0.05, 0) is 25.3 Å². The quantitative estimate of drug-likeness (QED) is 0.797. The molecule has 0 aliphatic rings. The summed E-state index contributed by atoms with van der Waals surface area (Å²) in [6.07, 6.45) is 6.89. The van der Waals surface area contributed by atoms with Gasteiger partial charge in [0.2, 0.25) is 5.71 Å². The number of hydrogen-bond acceptors (Lipinski definition) is 3. The summed E-state index contributed by atoms with van der Waals surface area (Å²) in [5, 5.41) is 0.928. The fourth-order valence-corrected chi connectivity index (χ4v) is 2.40. The van der Waals surface area contributed by atoms with Gasteiger partial charge in [0, 0.05) is 18.7 Å². The Morgan fingerprint density at radius 1 is 1.32 bits per heavy atom. The molecule has 0 amide bonds. The van der Waals surface area contributed by atoms with Crippen LogP contribution in [0.4, 0.5) is 0 Å². The van der Waals surface area contributed by atoms with Crippen molar-refractivity contribution in [1.82, 2.24) is 9.55 Å². The second-order valence-corrected chi connectivity index (χ2v) is 4.98. The fourth-order valence-electron chi connectivity index (χ4n) is 2.40. The number of hydrogen-bond donors (Lipinski definition) is 0. The third-order valence-electron chi connectivity index (χ3n) is 3.60. The first-order valence-electron chi connectivity index (χ1n) is 7.21. The van der Waals surface area contributed by atoms with Crippen molar-refractivity contribution in [1.29, 1.82) is 0 Å². The summed E-state index contributed by atoms with van der Waals surface area (Å²) in [7, 11) is 0. The average molecular weight is 262 g/mol. The van der Waals surface area contributed by atoms with Crippen molar-refractivity contribution in [2.45, 2.75) is 58.9 Å². The molecule has 0 N–H and O–H groups in total. The van der Waals surface area contributed by atoms with E-state index in [1.807, 2.05) is 12.3 Å². The van der Waals surface area contributed by atoms with Crippen molar-refractivity contribution in [2.24, 2.45) is 0 Å². The normalized spacial score (nSPS) is 11.6. The summed E-state index contributed by atoms with van der Waals surface area (Å²) in [5.41, 5.74) is 0.260. The molecule has 0 aliphatic heterocycles. The average Bonchev–Trinajstić information content (AvgIpc) is 2.79. The van der Waals surface area contributed by atoms with E-state index < -0.39 is 0 Å². The van der Waals surface area contributed by atoms with E-state index in [1.165, 1.54) is 0 Å². The van der Waals surface area contributed by atoms with Crippen molar-refractivity contribution in [2.75, 3.05) is 0 Å². The highest BCUT2D eigenvalue weighted by Crippen LogP contribution is 2.20. The van der Waals surface area contributed by atoms with Gasteiger partial charge < -0.3 is 4.42 Å². The molecule has 104 valence electrons. The van der Waals surface area contributed by atoms with Crippen molar-refractivity contribution in [3.63, 3.8) is 0 Å². The highest BCUT2D eigenvalue weighted by atomic mass is 16.3. The van der Waals surface area contributed by atoms with Crippen LogP contribution in [-0.4, -0.2) is 9.55 Å². The van der Waals surface area contributed by atoms with Gasteiger partial charge in [0.1, 0.15) is 5.76 Å². The third kappa shape index (κ3) is 2.88. The van der Waals surface area contributed by atoms with Crippen LogP contribution in [0.2, 0.25) is 0 Å². The lowest BCUT2D eigenvalue weighted by molar-refractivity contribution is 0.450.